The van der Waals surface area contributed by atoms with Gasteiger partial charge in [-0.1, -0.05) is 17.7 Å². The number of rotatable bonds is 3. The molecule has 0 unspecified atom stereocenters. The highest BCUT2D eigenvalue weighted by atomic mass is 19.4. The van der Waals surface area contributed by atoms with Crippen LogP contribution in [0.1, 0.15) is 27.0 Å². The minimum Gasteiger partial charge on any atom is -0.287 e. The Morgan fingerprint density at radius 2 is 1.24 bits per heavy atom. The number of ketones is 1. The Morgan fingerprint density at radius 3 is 1.57 bits per heavy atom. The normalized spacial score (nSPS) is 13.4. The van der Waals surface area contributed by atoms with E-state index in [9.17, 15) is 35.5 Å². The molecule has 0 amide bonds. The number of carbonyl (C=O) groups is 1. The van der Waals surface area contributed by atoms with Gasteiger partial charge >= 0.3 is 18.0 Å². The minimum atomic E-state index is -6.53. The smallest absolute Gasteiger partial charge is 0.287 e. The summed E-state index contributed by atoms with van der Waals surface area (Å²) in [6, 6.07) is 2.50. The van der Waals surface area contributed by atoms with Crippen molar-refractivity contribution >= 4 is 5.78 Å². The molecule has 0 saturated carbocycles. The Balaban J connectivity index is 3.44. The number of benzene rings is 1. The van der Waals surface area contributed by atoms with Gasteiger partial charge in [-0.15, -0.1) is 0 Å². The van der Waals surface area contributed by atoms with Crippen molar-refractivity contribution in [1.29, 1.82) is 0 Å². The van der Waals surface area contributed by atoms with Gasteiger partial charge in [-0.3, -0.25) is 4.79 Å². The number of halogens is 7. The van der Waals surface area contributed by atoms with Crippen LogP contribution in [0, 0.1) is 20.8 Å². The van der Waals surface area contributed by atoms with Crippen molar-refractivity contribution in [2.75, 3.05) is 0 Å². The first kappa shape index (κ1) is 17.5. The summed E-state index contributed by atoms with van der Waals surface area (Å²) < 4.78 is 88.9. The summed E-state index contributed by atoms with van der Waals surface area (Å²) in [7, 11) is 0. The Hall–Kier alpha value is -1.60. The van der Waals surface area contributed by atoms with Crippen LogP contribution >= 0.6 is 0 Å². The molecule has 0 bridgehead atoms. The van der Waals surface area contributed by atoms with Gasteiger partial charge in [0.2, 0.25) is 5.78 Å². The first-order valence-corrected chi connectivity index (χ1v) is 5.68. The SMILES string of the molecule is Cc1cc(C)c(C(=O)C(F)(F)C(F)(F)C(F)(F)F)c(C)c1. The van der Waals surface area contributed by atoms with E-state index >= 15 is 0 Å². The van der Waals surface area contributed by atoms with Gasteiger partial charge in [0.1, 0.15) is 0 Å². The van der Waals surface area contributed by atoms with Crippen molar-refractivity contribution in [2.24, 2.45) is 0 Å². The number of carbonyl (C=O) groups excluding carboxylic acids is 1. The molecule has 0 saturated heterocycles. The van der Waals surface area contributed by atoms with E-state index in [-0.39, 0.29) is 11.1 Å². The molecule has 1 nitrogen and oxygen atoms in total. The van der Waals surface area contributed by atoms with Gasteiger partial charge in [-0.25, -0.2) is 0 Å². The summed E-state index contributed by atoms with van der Waals surface area (Å²) in [4.78, 5) is 11.6. The number of hydrogen-bond acceptors (Lipinski definition) is 1. The second-order valence-corrected chi connectivity index (χ2v) is 4.75. The van der Waals surface area contributed by atoms with Crippen LogP contribution in [0.3, 0.4) is 0 Å². The molecule has 118 valence electrons. The van der Waals surface area contributed by atoms with Crippen molar-refractivity contribution in [3.05, 3.63) is 34.4 Å². The largest absolute Gasteiger partial charge is 0.460 e. The monoisotopic (exact) mass is 316 g/mol. The average Bonchev–Trinajstić information content (AvgIpc) is 2.25. The summed E-state index contributed by atoms with van der Waals surface area (Å²) in [5, 5.41) is 0. The summed E-state index contributed by atoms with van der Waals surface area (Å²) >= 11 is 0. The first-order valence-electron chi connectivity index (χ1n) is 5.68. The predicted molar refractivity (Wildman–Crippen MR) is 60.9 cm³/mol. The summed E-state index contributed by atoms with van der Waals surface area (Å²) in [5.74, 6) is -14.9. The molecular weight excluding hydrogens is 305 g/mol. The molecule has 0 aliphatic rings. The van der Waals surface area contributed by atoms with Crippen LogP contribution in [0.2, 0.25) is 0 Å². The fourth-order valence-corrected chi connectivity index (χ4v) is 2.02. The standard InChI is InChI=1S/C13H11F7O/c1-6-4-7(2)9(8(3)5-6)10(21)11(14,15)12(16,17)13(18,19)20/h4-5H,1-3H3. The number of alkyl halides is 7. The lowest BCUT2D eigenvalue weighted by Gasteiger charge is -2.27. The van der Waals surface area contributed by atoms with Crippen LogP contribution in [-0.4, -0.2) is 23.8 Å². The van der Waals surface area contributed by atoms with Gasteiger partial charge in [0, 0.05) is 5.56 Å². The molecule has 1 aromatic carbocycles. The Kier molecular flexibility index (Phi) is 4.15. The first-order chi connectivity index (χ1) is 9.23. The molecule has 0 aromatic heterocycles. The van der Waals surface area contributed by atoms with Crippen LogP contribution in [0.4, 0.5) is 30.7 Å². The van der Waals surface area contributed by atoms with Gasteiger partial charge in [-0.2, -0.15) is 30.7 Å². The number of aryl methyl sites for hydroxylation is 3. The molecule has 0 N–H and O–H groups in total. The maximum Gasteiger partial charge on any atom is 0.460 e. The van der Waals surface area contributed by atoms with Gasteiger partial charge in [-0.05, 0) is 31.9 Å². The molecule has 0 aliphatic heterocycles. The van der Waals surface area contributed by atoms with E-state index in [0.717, 1.165) is 0 Å². The maximum atomic E-state index is 13.4. The van der Waals surface area contributed by atoms with E-state index in [0.29, 0.717) is 5.56 Å². The molecule has 8 heteroatoms. The second-order valence-electron chi connectivity index (χ2n) is 4.75. The third-order valence-corrected chi connectivity index (χ3v) is 2.94. The van der Waals surface area contributed by atoms with Crippen LogP contribution < -0.4 is 0 Å². The Bertz CT molecular complexity index is 549. The molecule has 1 aromatic rings. The zero-order valence-corrected chi connectivity index (χ0v) is 11.2. The van der Waals surface area contributed by atoms with Crippen LogP contribution in [0.5, 0.6) is 0 Å². The van der Waals surface area contributed by atoms with E-state index in [1.165, 1.54) is 26.0 Å². The minimum absolute atomic E-state index is 0.0878. The maximum absolute atomic E-state index is 13.4. The molecule has 0 atom stereocenters. The Morgan fingerprint density at radius 1 is 0.857 bits per heavy atom. The highest BCUT2D eigenvalue weighted by Crippen LogP contribution is 2.48. The lowest BCUT2D eigenvalue weighted by molar-refractivity contribution is -0.339. The van der Waals surface area contributed by atoms with E-state index in [2.05, 4.69) is 0 Å². The van der Waals surface area contributed by atoms with Crippen molar-refractivity contribution < 1.29 is 35.5 Å². The van der Waals surface area contributed by atoms with Crippen molar-refractivity contribution in [3.63, 3.8) is 0 Å². The van der Waals surface area contributed by atoms with Gasteiger partial charge in [0.05, 0.1) is 0 Å². The molecule has 0 fully saturated rings. The van der Waals surface area contributed by atoms with Gasteiger partial charge < -0.3 is 0 Å². The lowest BCUT2D eigenvalue weighted by atomic mass is 9.91. The van der Waals surface area contributed by atoms with Crippen LogP contribution in [0.25, 0.3) is 0 Å². The van der Waals surface area contributed by atoms with Crippen molar-refractivity contribution in [3.8, 4) is 0 Å². The van der Waals surface area contributed by atoms with E-state index < -0.39 is 29.4 Å². The predicted octanol–water partition coefficient (Wildman–Crippen LogP) is 4.63. The van der Waals surface area contributed by atoms with Crippen molar-refractivity contribution in [1.82, 2.24) is 0 Å². The second kappa shape index (κ2) is 4.99. The number of Topliss-reactive ketones (excluding diaryl/α,β-unsaturated/α-hetero) is 1. The fourth-order valence-electron chi connectivity index (χ4n) is 2.02. The van der Waals surface area contributed by atoms with Crippen LogP contribution in [0.15, 0.2) is 12.1 Å². The molecule has 0 radical (unpaired) electrons. The zero-order valence-electron chi connectivity index (χ0n) is 11.2. The molecule has 0 aliphatic carbocycles. The third-order valence-electron chi connectivity index (χ3n) is 2.94. The average molecular weight is 316 g/mol. The van der Waals surface area contributed by atoms with E-state index in [1.54, 1.807) is 6.92 Å². The van der Waals surface area contributed by atoms with E-state index in [4.69, 9.17) is 0 Å². The summed E-state index contributed by atoms with van der Waals surface area (Å²) in [6.45, 7) is 3.95. The third kappa shape index (κ3) is 2.75. The molecule has 0 heterocycles. The van der Waals surface area contributed by atoms with Crippen LogP contribution in [-0.2, 0) is 0 Å². The van der Waals surface area contributed by atoms with E-state index in [1.807, 2.05) is 0 Å². The zero-order chi connectivity index (χ0) is 16.8. The summed E-state index contributed by atoms with van der Waals surface area (Å²) in [5.41, 5.74) is -0.438. The molecule has 21 heavy (non-hydrogen) atoms. The van der Waals surface area contributed by atoms with Gasteiger partial charge in [0.15, 0.2) is 0 Å². The van der Waals surface area contributed by atoms with Crippen molar-refractivity contribution in [2.45, 2.75) is 38.8 Å². The molecule has 1 rings (SSSR count). The fraction of sp³-hybridized carbons (Fsp3) is 0.462. The van der Waals surface area contributed by atoms with Gasteiger partial charge in [0.25, 0.3) is 0 Å². The lowest BCUT2D eigenvalue weighted by Crippen LogP contribution is -2.56. The highest BCUT2D eigenvalue weighted by Gasteiger charge is 2.76. The summed E-state index contributed by atoms with van der Waals surface area (Å²) in [6.07, 6.45) is -6.53. The Labute approximate surface area is 115 Å². The molecular formula is C13H11F7O. The topological polar surface area (TPSA) is 17.1 Å². The molecule has 0 spiro atoms. The highest BCUT2D eigenvalue weighted by molar-refractivity contribution is 6.04. The quantitative estimate of drug-likeness (QED) is 0.587. The number of hydrogen-bond donors (Lipinski definition) is 0.